The van der Waals surface area contributed by atoms with Crippen LogP contribution in [0.5, 0.6) is 0 Å². The highest BCUT2D eigenvalue weighted by Gasteiger charge is 2.40. The molecule has 0 aromatic rings. The van der Waals surface area contributed by atoms with Crippen LogP contribution >= 0.6 is 0 Å². The van der Waals surface area contributed by atoms with Crippen molar-refractivity contribution < 1.29 is 13.7 Å². The van der Waals surface area contributed by atoms with E-state index in [-0.39, 0.29) is 29.1 Å². The standard InChI is InChI=1S/C13H26N2O3S/c1-12(2,3)10-9-19(14,17)8-7-15(10)11(16)18-13(4,5)6/h10,14H,7-9H2,1-6H3. The topological polar surface area (TPSA) is 70.5 Å². The molecular formula is C13H26N2O3S. The minimum Gasteiger partial charge on any atom is -0.444 e. The molecule has 0 saturated carbocycles. The first kappa shape index (κ1) is 16.3. The van der Waals surface area contributed by atoms with Gasteiger partial charge in [-0.3, -0.25) is 4.78 Å². The third-order valence-electron chi connectivity index (χ3n) is 3.09. The minimum atomic E-state index is -2.57. The lowest BCUT2D eigenvalue weighted by molar-refractivity contribution is 0.00631. The van der Waals surface area contributed by atoms with E-state index < -0.39 is 15.3 Å². The predicted octanol–water partition coefficient (Wildman–Crippen LogP) is 2.70. The monoisotopic (exact) mass is 290 g/mol. The van der Waals surface area contributed by atoms with Crippen molar-refractivity contribution in [2.75, 3.05) is 18.1 Å². The van der Waals surface area contributed by atoms with Gasteiger partial charge >= 0.3 is 6.09 Å². The van der Waals surface area contributed by atoms with E-state index in [0.717, 1.165) is 0 Å². The molecule has 1 rings (SSSR count). The van der Waals surface area contributed by atoms with Crippen LogP contribution in [0, 0.1) is 10.2 Å². The molecule has 0 aliphatic carbocycles. The molecule has 0 aromatic carbocycles. The maximum absolute atomic E-state index is 12.2. The molecule has 1 aliphatic heterocycles. The lowest BCUT2D eigenvalue weighted by Crippen LogP contribution is -2.57. The fourth-order valence-electron chi connectivity index (χ4n) is 2.09. The van der Waals surface area contributed by atoms with Crippen LogP contribution in [0.15, 0.2) is 0 Å². The number of hydrogen-bond acceptors (Lipinski definition) is 4. The SMILES string of the molecule is CC(C)(C)OC(=O)N1CCS(=N)(=O)CC1C(C)(C)C. The number of nitrogens with one attached hydrogen (secondary N) is 1. The summed E-state index contributed by atoms with van der Waals surface area (Å²) in [6.07, 6.45) is -0.373. The second-order valence-electron chi connectivity index (χ2n) is 7.24. The summed E-state index contributed by atoms with van der Waals surface area (Å²) in [4.78, 5) is 13.9. The normalized spacial score (nSPS) is 29.2. The second kappa shape index (κ2) is 4.96. The lowest BCUT2D eigenvalue weighted by Gasteiger charge is -2.43. The average molecular weight is 290 g/mol. The Kier molecular flexibility index (Phi) is 4.25. The molecule has 0 bridgehead atoms. The lowest BCUT2D eigenvalue weighted by atomic mass is 9.87. The second-order valence-corrected chi connectivity index (χ2v) is 9.60. The Hall–Kier alpha value is -0.780. The Morgan fingerprint density at radius 2 is 1.79 bits per heavy atom. The van der Waals surface area contributed by atoms with E-state index in [1.165, 1.54) is 0 Å². The molecule has 1 fully saturated rings. The molecule has 1 amide bonds. The predicted molar refractivity (Wildman–Crippen MR) is 76.8 cm³/mol. The summed E-state index contributed by atoms with van der Waals surface area (Å²) in [5.41, 5.74) is -0.764. The van der Waals surface area contributed by atoms with Crippen LogP contribution in [0.4, 0.5) is 4.79 Å². The van der Waals surface area contributed by atoms with Gasteiger partial charge in [-0.15, -0.1) is 0 Å². The van der Waals surface area contributed by atoms with Crippen molar-refractivity contribution in [2.24, 2.45) is 5.41 Å². The Labute approximate surface area is 116 Å². The third kappa shape index (κ3) is 4.67. The highest BCUT2D eigenvalue weighted by Crippen LogP contribution is 2.30. The summed E-state index contributed by atoms with van der Waals surface area (Å²) in [6, 6.07) is -0.221. The first-order valence-electron chi connectivity index (χ1n) is 6.56. The van der Waals surface area contributed by atoms with Crippen LogP contribution in [0.3, 0.4) is 0 Å². The van der Waals surface area contributed by atoms with Crippen LogP contribution < -0.4 is 0 Å². The van der Waals surface area contributed by atoms with Gasteiger partial charge in [-0.05, 0) is 26.2 Å². The van der Waals surface area contributed by atoms with E-state index >= 15 is 0 Å². The molecule has 1 saturated heterocycles. The maximum atomic E-state index is 12.2. The van der Waals surface area contributed by atoms with Crippen molar-refractivity contribution in [1.29, 1.82) is 4.78 Å². The first-order chi connectivity index (χ1) is 8.32. The fourth-order valence-corrected chi connectivity index (χ4v) is 3.93. The molecule has 19 heavy (non-hydrogen) atoms. The van der Waals surface area contributed by atoms with E-state index in [1.807, 2.05) is 41.5 Å². The van der Waals surface area contributed by atoms with Crippen molar-refractivity contribution >= 4 is 15.8 Å². The van der Waals surface area contributed by atoms with Crippen LogP contribution in [-0.2, 0) is 14.5 Å². The van der Waals surface area contributed by atoms with E-state index in [9.17, 15) is 9.00 Å². The molecule has 1 aliphatic rings. The van der Waals surface area contributed by atoms with Crippen molar-refractivity contribution in [3.8, 4) is 0 Å². The Bertz CT molecular complexity index is 443. The van der Waals surface area contributed by atoms with E-state index in [1.54, 1.807) is 4.90 Å². The summed E-state index contributed by atoms with van der Waals surface area (Å²) in [5.74, 6) is 0.467. The molecule has 1 N–H and O–H groups in total. The summed E-state index contributed by atoms with van der Waals surface area (Å²) in [6.45, 7) is 11.8. The van der Waals surface area contributed by atoms with E-state index in [2.05, 4.69) is 0 Å². The van der Waals surface area contributed by atoms with Crippen LogP contribution in [-0.4, -0.2) is 44.9 Å². The smallest absolute Gasteiger partial charge is 0.410 e. The van der Waals surface area contributed by atoms with Gasteiger partial charge in [0, 0.05) is 22.0 Å². The number of amides is 1. The molecular weight excluding hydrogens is 264 g/mol. The van der Waals surface area contributed by atoms with Gasteiger partial charge < -0.3 is 9.64 Å². The van der Waals surface area contributed by atoms with Gasteiger partial charge in [0.1, 0.15) is 5.60 Å². The molecule has 0 aromatic heterocycles. The number of hydrogen-bond donors (Lipinski definition) is 1. The zero-order valence-electron chi connectivity index (χ0n) is 12.8. The summed E-state index contributed by atoms with van der Waals surface area (Å²) < 4.78 is 25.2. The third-order valence-corrected chi connectivity index (χ3v) is 4.79. The van der Waals surface area contributed by atoms with Crippen LogP contribution in [0.1, 0.15) is 41.5 Å². The van der Waals surface area contributed by atoms with Gasteiger partial charge in [0.15, 0.2) is 0 Å². The quantitative estimate of drug-likeness (QED) is 0.745. The number of carbonyl (C=O) groups excluding carboxylic acids is 1. The zero-order valence-corrected chi connectivity index (χ0v) is 13.6. The highest BCUT2D eigenvalue weighted by atomic mass is 32.2. The van der Waals surface area contributed by atoms with Crippen LogP contribution in [0.25, 0.3) is 0 Å². The minimum absolute atomic E-state index is 0.221. The maximum Gasteiger partial charge on any atom is 0.410 e. The molecule has 2 atom stereocenters. The molecule has 0 radical (unpaired) electrons. The number of rotatable bonds is 0. The summed E-state index contributed by atoms with van der Waals surface area (Å²) in [5, 5.41) is 0. The average Bonchev–Trinajstić information content (AvgIpc) is 2.11. The van der Waals surface area contributed by atoms with Gasteiger partial charge in [0.2, 0.25) is 0 Å². The van der Waals surface area contributed by atoms with Crippen molar-refractivity contribution in [2.45, 2.75) is 53.2 Å². The number of carbonyl (C=O) groups is 1. The van der Waals surface area contributed by atoms with E-state index in [4.69, 9.17) is 9.52 Å². The van der Waals surface area contributed by atoms with Crippen molar-refractivity contribution in [1.82, 2.24) is 4.90 Å². The van der Waals surface area contributed by atoms with E-state index in [0.29, 0.717) is 6.54 Å². The summed E-state index contributed by atoms with van der Waals surface area (Å²) >= 11 is 0. The van der Waals surface area contributed by atoms with Gasteiger partial charge in [0.05, 0.1) is 11.8 Å². The van der Waals surface area contributed by atoms with Gasteiger partial charge in [-0.1, -0.05) is 20.8 Å². The largest absolute Gasteiger partial charge is 0.444 e. The molecule has 112 valence electrons. The van der Waals surface area contributed by atoms with Gasteiger partial charge in [-0.2, -0.15) is 0 Å². The highest BCUT2D eigenvalue weighted by molar-refractivity contribution is 7.92. The molecule has 2 unspecified atom stereocenters. The summed E-state index contributed by atoms with van der Waals surface area (Å²) in [7, 11) is -2.57. The molecule has 1 heterocycles. The van der Waals surface area contributed by atoms with Crippen molar-refractivity contribution in [3.63, 3.8) is 0 Å². The zero-order chi connectivity index (χ0) is 15.1. The van der Waals surface area contributed by atoms with Gasteiger partial charge in [0.25, 0.3) is 0 Å². The van der Waals surface area contributed by atoms with Crippen molar-refractivity contribution in [3.05, 3.63) is 0 Å². The fraction of sp³-hybridized carbons (Fsp3) is 0.923. The number of ether oxygens (including phenoxy) is 1. The Morgan fingerprint density at radius 1 is 1.26 bits per heavy atom. The first-order valence-corrected chi connectivity index (χ1v) is 8.45. The molecule has 6 heteroatoms. The van der Waals surface area contributed by atoms with Crippen LogP contribution in [0.2, 0.25) is 0 Å². The number of nitrogens with zero attached hydrogens (tertiary/aromatic N) is 1. The Morgan fingerprint density at radius 3 is 2.21 bits per heavy atom. The Balaban J connectivity index is 2.95. The van der Waals surface area contributed by atoms with Gasteiger partial charge in [-0.25, -0.2) is 9.00 Å². The molecule has 5 nitrogen and oxygen atoms in total. The molecule has 0 spiro atoms.